The SMILES string of the molecule is NC1NC=CC=C1C1=CC=C(C2=CC=CCN2)CC1. The molecule has 0 saturated heterocycles. The minimum absolute atomic E-state index is 0.0823. The van der Waals surface area contributed by atoms with Crippen molar-refractivity contribution >= 4 is 0 Å². The van der Waals surface area contributed by atoms with Crippen molar-refractivity contribution in [1.29, 1.82) is 0 Å². The van der Waals surface area contributed by atoms with Crippen molar-refractivity contribution < 1.29 is 0 Å². The van der Waals surface area contributed by atoms with E-state index in [1.54, 1.807) is 0 Å². The average Bonchev–Trinajstić information content (AvgIpc) is 2.49. The van der Waals surface area contributed by atoms with E-state index in [9.17, 15) is 0 Å². The van der Waals surface area contributed by atoms with Crippen molar-refractivity contribution in [2.75, 3.05) is 6.54 Å². The molecule has 98 valence electrons. The van der Waals surface area contributed by atoms with Gasteiger partial charge in [-0.25, -0.2) is 0 Å². The van der Waals surface area contributed by atoms with Crippen LogP contribution >= 0.6 is 0 Å². The Kier molecular flexibility index (Phi) is 3.38. The maximum absolute atomic E-state index is 6.06. The zero-order valence-electron chi connectivity index (χ0n) is 10.9. The normalized spacial score (nSPS) is 25.6. The molecule has 3 nitrogen and oxygen atoms in total. The summed E-state index contributed by atoms with van der Waals surface area (Å²) in [6, 6.07) is 0. The molecule has 3 aliphatic rings. The van der Waals surface area contributed by atoms with Gasteiger partial charge in [-0.3, -0.25) is 0 Å². The molecule has 3 heteroatoms. The summed E-state index contributed by atoms with van der Waals surface area (Å²) in [6.45, 7) is 0.921. The van der Waals surface area contributed by atoms with Crippen molar-refractivity contribution in [3.8, 4) is 0 Å². The number of hydrogen-bond acceptors (Lipinski definition) is 3. The van der Waals surface area contributed by atoms with E-state index in [2.05, 4.69) is 47.1 Å². The number of nitrogens with one attached hydrogen (secondary N) is 2. The van der Waals surface area contributed by atoms with E-state index in [1.165, 1.54) is 22.4 Å². The predicted octanol–water partition coefficient (Wildman–Crippen LogP) is 2.00. The number of dihydropyridines is 2. The van der Waals surface area contributed by atoms with E-state index in [1.807, 2.05) is 12.3 Å². The molecular weight excluding hydrogens is 234 g/mol. The quantitative estimate of drug-likeness (QED) is 0.705. The zero-order valence-corrected chi connectivity index (χ0v) is 10.9. The maximum atomic E-state index is 6.06. The molecule has 0 aromatic rings. The van der Waals surface area contributed by atoms with Crippen LogP contribution in [-0.4, -0.2) is 12.7 Å². The molecule has 3 rings (SSSR count). The highest BCUT2D eigenvalue weighted by Crippen LogP contribution is 2.29. The average molecular weight is 253 g/mol. The lowest BCUT2D eigenvalue weighted by molar-refractivity contribution is 0.681. The Morgan fingerprint density at radius 1 is 1.00 bits per heavy atom. The summed E-state index contributed by atoms with van der Waals surface area (Å²) in [7, 11) is 0. The lowest BCUT2D eigenvalue weighted by atomic mass is 9.89. The monoisotopic (exact) mass is 253 g/mol. The van der Waals surface area contributed by atoms with E-state index >= 15 is 0 Å². The van der Waals surface area contributed by atoms with Crippen molar-refractivity contribution in [1.82, 2.24) is 10.6 Å². The topological polar surface area (TPSA) is 50.1 Å². The summed E-state index contributed by atoms with van der Waals surface area (Å²) in [5.74, 6) is 0. The van der Waals surface area contributed by atoms with Crippen molar-refractivity contribution in [3.05, 3.63) is 71.1 Å². The smallest absolute Gasteiger partial charge is 0.100 e. The van der Waals surface area contributed by atoms with Gasteiger partial charge in [0.25, 0.3) is 0 Å². The van der Waals surface area contributed by atoms with Gasteiger partial charge >= 0.3 is 0 Å². The molecule has 2 aliphatic heterocycles. The maximum Gasteiger partial charge on any atom is 0.100 e. The van der Waals surface area contributed by atoms with Gasteiger partial charge in [-0.1, -0.05) is 30.4 Å². The molecule has 1 aliphatic carbocycles. The van der Waals surface area contributed by atoms with Crippen molar-refractivity contribution in [2.24, 2.45) is 5.73 Å². The van der Waals surface area contributed by atoms with E-state index in [0.29, 0.717) is 0 Å². The second-order valence-corrected chi connectivity index (χ2v) is 4.90. The molecule has 0 aromatic carbocycles. The van der Waals surface area contributed by atoms with Crippen LogP contribution in [0.15, 0.2) is 71.1 Å². The van der Waals surface area contributed by atoms with E-state index in [-0.39, 0.29) is 6.17 Å². The van der Waals surface area contributed by atoms with Gasteiger partial charge in [0, 0.05) is 12.2 Å². The Labute approximate surface area is 113 Å². The van der Waals surface area contributed by atoms with Crippen LogP contribution in [0.25, 0.3) is 0 Å². The fraction of sp³-hybridized carbons (Fsp3) is 0.250. The second kappa shape index (κ2) is 5.33. The molecular formula is C16H19N3. The van der Waals surface area contributed by atoms with Gasteiger partial charge in [0.05, 0.1) is 0 Å². The lowest BCUT2D eigenvalue weighted by Crippen LogP contribution is -2.37. The van der Waals surface area contributed by atoms with Gasteiger partial charge in [0.15, 0.2) is 0 Å². The molecule has 1 unspecified atom stereocenters. The summed E-state index contributed by atoms with van der Waals surface area (Å²) < 4.78 is 0. The highest BCUT2D eigenvalue weighted by molar-refractivity contribution is 5.47. The summed E-state index contributed by atoms with van der Waals surface area (Å²) in [6.07, 6.45) is 18.8. The molecule has 0 bridgehead atoms. The van der Waals surface area contributed by atoms with Crippen LogP contribution in [0.5, 0.6) is 0 Å². The highest BCUT2D eigenvalue weighted by atomic mass is 15.0. The predicted molar refractivity (Wildman–Crippen MR) is 79.0 cm³/mol. The standard InChI is InChI=1S/C16H19N3/c17-16-14(4-3-11-19-16)12-6-8-13(9-7-12)15-5-1-2-10-18-15/h1-6,8,11,16,18-19H,7,9-10,17H2. The first-order valence-corrected chi connectivity index (χ1v) is 6.74. The van der Waals surface area contributed by atoms with Gasteiger partial charge in [0.2, 0.25) is 0 Å². The Balaban J connectivity index is 1.80. The Morgan fingerprint density at radius 3 is 2.53 bits per heavy atom. The molecule has 0 saturated carbocycles. The zero-order chi connectivity index (χ0) is 13.1. The fourth-order valence-corrected chi connectivity index (χ4v) is 2.59. The molecule has 4 N–H and O–H groups in total. The first-order valence-electron chi connectivity index (χ1n) is 6.74. The summed E-state index contributed by atoms with van der Waals surface area (Å²) in [5.41, 5.74) is 11.2. The van der Waals surface area contributed by atoms with Crippen molar-refractivity contribution in [3.63, 3.8) is 0 Å². The van der Waals surface area contributed by atoms with Gasteiger partial charge < -0.3 is 16.4 Å². The van der Waals surface area contributed by atoms with Crippen LogP contribution in [-0.2, 0) is 0 Å². The lowest BCUT2D eigenvalue weighted by Gasteiger charge is -2.25. The number of nitrogens with two attached hydrogens (primary N) is 1. The fourth-order valence-electron chi connectivity index (χ4n) is 2.59. The van der Waals surface area contributed by atoms with Gasteiger partial charge in [-0.05, 0) is 47.9 Å². The summed E-state index contributed by atoms with van der Waals surface area (Å²) in [5, 5.41) is 6.54. The third-order valence-electron chi connectivity index (χ3n) is 3.66. The molecule has 0 spiro atoms. The van der Waals surface area contributed by atoms with Crippen LogP contribution in [0.4, 0.5) is 0 Å². The Morgan fingerprint density at radius 2 is 1.84 bits per heavy atom. The molecule has 2 heterocycles. The van der Waals surface area contributed by atoms with Gasteiger partial charge in [0.1, 0.15) is 6.17 Å². The van der Waals surface area contributed by atoms with E-state index in [4.69, 9.17) is 5.73 Å². The first kappa shape index (κ1) is 12.1. The molecule has 0 amide bonds. The van der Waals surface area contributed by atoms with Crippen LogP contribution in [0.2, 0.25) is 0 Å². The molecule has 1 atom stereocenters. The Bertz CT molecular complexity index is 544. The van der Waals surface area contributed by atoms with Gasteiger partial charge in [-0.15, -0.1) is 0 Å². The highest BCUT2D eigenvalue weighted by Gasteiger charge is 2.17. The largest absolute Gasteiger partial charge is 0.381 e. The van der Waals surface area contributed by atoms with Crippen LogP contribution < -0.4 is 16.4 Å². The Hall–Kier alpha value is -2.00. The third-order valence-corrected chi connectivity index (χ3v) is 3.66. The molecule has 19 heavy (non-hydrogen) atoms. The first-order chi connectivity index (χ1) is 9.34. The van der Waals surface area contributed by atoms with Crippen LogP contribution in [0.1, 0.15) is 12.8 Å². The third kappa shape index (κ3) is 2.56. The molecule has 0 aromatic heterocycles. The summed E-state index contributed by atoms with van der Waals surface area (Å²) in [4.78, 5) is 0. The van der Waals surface area contributed by atoms with Crippen molar-refractivity contribution in [2.45, 2.75) is 19.0 Å². The van der Waals surface area contributed by atoms with E-state index in [0.717, 1.165) is 19.4 Å². The van der Waals surface area contributed by atoms with Crippen LogP contribution in [0, 0.1) is 0 Å². The number of rotatable bonds is 2. The minimum atomic E-state index is -0.0823. The molecule has 0 radical (unpaired) electrons. The van der Waals surface area contributed by atoms with Crippen LogP contribution in [0.3, 0.4) is 0 Å². The number of allylic oxidation sites excluding steroid dienone is 7. The van der Waals surface area contributed by atoms with E-state index < -0.39 is 0 Å². The second-order valence-electron chi connectivity index (χ2n) is 4.90. The van der Waals surface area contributed by atoms with Gasteiger partial charge in [-0.2, -0.15) is 0 Å². The summed E-state index contributed by atoms with van der Waals surface area (Å²) >= 11 is 0. The molecule has 0 fully saturated rings. The number of hydrogen-bond donors (Lipinski definition) is 3. The minimum Gasteiger partial charge on any atom is -0.381 e.